The molecule has 2 heterocycles. The van der Waals surface area contributed by atoms with Crippen LogP contribution < -0.4 is 0 Å². The molecule has 4 nitrogen and oxygen atoms in total. The average Bonchev–Trinajstić information content (AvgIpc) is 2.71. The highest BCUT2D eigenvalue weighted by atomic mass is 35.5. The van der Waals surface area contributed by atoms with Gasteiger partial charge in [0.05, 0.1) is 12.6 Å². The highest BCUT2D eigenvalue weighted by molar-refractivity contribution is 6.17. The van der Waals surface area contributed by atoms with Crippen LogP contribution in [0.15, 0.2) is 12.3 Å². The first-order chi connectivity index (χ1) is 9.17. The molecule has 0 saturated carbocycles. The molecule has 2 aromatic rings. The summed E-state index contributed by atoms with van der Waals surface area (Å²) >= 11 is 5.87. The maximum Gasteiger partial charge on any atom is 0.160 e. The normalized spacial score (nSPS) is 13.1. The number of imidazole rings is 1. The van der Waals surface area contributed by atoms with Crippen LogP contribution in [0.2, 0.25) is 0 Å². The van der Waals surface area contributed by atoms with E-state index in [1.165, 1.54) is 0 Å². The predicted octanol–water partition coefficient (Wildman–Crippen LogP) is 2.95. The lowest BCUT2D eigenvalue weighted by Gasteiger charge is -2.14. The van der Waals surface area contributed by atoms with Gasteiger partial charge in [0.15, 0.2) is 5.65 Å². The minimum atomic E-state index is 0.138. The second-order valence-corrected chi connectivity index (χ2v) is 5.02. The number of ether oxygens (including phenoxy) is 1. The average molecular weight is 282 g/mol. The van der Waals surface area contributed by atoms with Crippen LogP contribution in [0.4, 0.5) is 0 Å². The van der Waals surface area contributed by atoms with Crippen molar-refractivity contribution in [1.82, 2.24) is 14.5 Å². The molecule has 0 amide bonds. The van der Waals surface area contributed by atoms with Crippen LogP contribution >= 0.6 is 11.6 Å². The molecule has 0 spiro atoms. The summed E-state index contributed by atoms with van der Waals surface area (Å²) < 4.78 is 7.75. The Morgan fingerprint density at radius 2 is 2.26 bits per heavy atom. The number of fused-ring (bicyclic) bond motifs is 1. The molecule has 1 atom stereocenters. The van der Waals surface area contributed by atoms with Crippen molar-refractivity contribution < 1.29 is 4.74 Å². The molecule has 0 aliphatic carbocycles. The van der Waals surface area contributed by atoms with Gasteiger partial charge in [0.25, 0.3) is 0 Å². The van der Waals surface area contributed by atoms with E-state index in [0.717, 1.165) is 35.5 Å². The van der Waals surface area contributed by atoms with E-state index in [-0.39, 0.29) is 6.10 Å². The summed E-state index contributed by atoms with van der Waals surface area (Å²) in [6.45, 7) is 7.59. The van der Waals surface area contributed by atoms with E-state index in [9.17, 15) is 0 Å². The molecular formula is C14H20ClN3O. The summed E-state index contributed by atoms with van der Waals surface area (Å²) in [4.78, 5) is 9.14. The van der Waals surface area contributed by atoms with Gasteiger partial charge in [-0.25, -0.2) is 9.97 Å². The van der Waals surface area contributed by atoms with Gasteiger partial charge in [-0.3, -0.25) is 0 Å². The zero-order chi connectivity index (χ0) is 13.8. The minimum Gasteiger partial charge on any atom is -0.377 e. The molecule has 0 fully saturated rings. The number of alkyl halides is 1. The van der Waals surface area contributed by atoms with E-state index in [4.69, 9.17) is 16.3 Å². The standard InChI is InChI=1S/C14H20ClN3O/c1-4-19-11(3)9-18-12(5-7-15)17-13-10(2)6-8-16-14(13)18/h6,8,11H,4-5,7,9H2,1-3H3. The summed E-state index contributed by atoms with van der Waals surface area (Å²) in [6.07, 6.45) is 2.71. The third-order valence-electron chi connectivity index (χ3n) is 3.12. The second kappa shape index (κ2) is 6.35. The van der Waals surface area contributed by atoms with E-state index in [2.05, 4.69) is 28.4 Å². The van der Waals surface area contributed by atoms with Crippen molar-refractivity contribution in [3.05, 3.63) is 23.7 Å². The van der Waals surface area contributed by atoms with Crippen molar-refractivity contribution in [2.24, 2.45) is 0 Å². The quantitative estimate of drug-likeness (QED) is 0.764. The Balaban J connectivity index is 2.43. The van der Waals surface area contributed by atoms with E-state index in [1.54, 1.807) is 0 Å². The summed E-state index contributed by atoms with van der Waals surface area (Å²) in [5, 5.41) is 0. The molecule has 0 aliphatic rings. The van der Waals surface area contributed by atoms with Crippen LogP contribution in [0.25, 0.3) is 11.2 Å². The number of aromatic nitrogens is 3. The van der Waals surface area contributed by atoms with Crippen LogP contribution in [0.5, 0.6) is 0 Å². The number of halogens is 1. The van der Waals surface area contributed by atoms with Crippen molar-refractivity contribution in [3.8, 4) is 0 Å². The smallest absolute Gasteiger partial charge is 0.160 e. The van der Waals surface area contributed by atoms with Gasteiger partial charge in [-0.2, -0.15) is 0 Å². The summed E-state index contributed by atoms with van der Waals surface area (Å²) in [5.41, 5.74) is 3.03. The van der Waals surface area contributed by atoms with Gasteiger partial charge in [-0.15, -0.1) is 11.6 Å². The van der Waals surface area contributed by atoms with Crippen molar-refractivity contribution in [3.63, 3.8) is 0 Å². The first-order valence-electron chi connectivity index (χ1n) is 6.65. The maximum absolute atomic E-state index is 5.87. The summed E-state index contributed by atoms with van der Waals surface area (Å²) in [7, 11) is 0. The molecule has 5 heteroatoms. The number of hydrogen-bond donors (Lipinski definition) is 0. The van der Waals surface area contributed by atoms with E-state index < -0.39 is 0 Å². The van der Waals surface area contributed by atoms with Crippen LogP contribution in [-0.4, -0.2) is 33.1 Å². The zero-order valence-corrected chi connectivity index (χ0v) is 12.4. The topological polar surface area (TPSA) is 39.9 Å². The Labute approximate surface area is 118 Å². The Kier molecular flexibility index (Phi) is 4.77. The van der Waals surface area contributed by atoms with Crippen molar-refractivity contribution in [2.45, 2.75) is 39.8 Å². The third kappa shape index (κ3) is 3.07. The Morgan fingerprint density at radius 1 is 1.47 bits per heavy atom. The van der Waals surface area contributed by atoms with Crippen molar-refractivity contribution in [1.29, 1.82) is 0 Å². The predicted molar refractivity (Wildman–Crippen MR) is 77.8 cm³/mol. The number of nitrogens with zero attached hydrogens (tertiary/aromatic N) is 3. The van der Waals surface area contributed by atoms with E-state index >= 15 is 0 Å². The molecular weight excluding hydrogens is 262 g/mol. The van der Waals surface area contributed by atoms with E-state index in [0.29, 0.717) is 12.5 Å². The lowest BCUT2D eigenvalue weighted by Crippen LogP contribution is -2.18. The van der Waals surface area contributed by atoms with Crippen LogP contribution in [0.3, 0.4) is 0 Å². The molecule has 0 radical (unpaired) electrons. The zero-order valence-electron chi connectivity index (χ0n) is 11.7. The fraction of sp³-hybridized carbons (Fsp3) is 0.571. The fourth-order valence-corrected chi connectivity index (χ4v) is 2.41. The molecule has 104 valence electrons. The molecule has 2 rings (SSSR count). The molecule has 0 N–H and O–H groups in total. The number of rotatable bonds is 6. The van der Waals surface area contributed by atoms with E-state index in [1.807, 2.05) is 19.2 Å². The number of aryl methyl sites for hydroxylation is 2. The fourth-order valence-electron chi connectivity index (χ4n) is 2.25. The van der Waals surface area contributed by atoms with Gasteiger partial charge >= 0.3 is 0 Å². The Bertz CT molecular complexity index is 553. The van der Waals surface area contributed by atoms with Gasteiger partial charge in [0, 0.05) is 25.1 Å². The highest BCUT2D eigenvalue weighted by Gasteiger charge is 2.15. The molecule has 19 heavy (non-hydrogen) atoms. The van der Waals surface area contributed by atoms with Crippen molar-refractivity contribution in [2.75, 3.05) is 12.5 Å². The van der Waals surface area contributed by atoms with Gasteiger partial charge in [-0.1, -0.05) is 0 Å². The summed E-state index contributed by atoms with van der Waals surface area (Å²) in [6, 6.07) is 1.98. The Morgan fingerprint density at radius 3 is 2.95 bits per heavy atom. The SMILES string of the molecule is CCOC(C)Cn1c(CCCl)nc2c(C)ccnc21. The van der Waals surface area contributed by atoms with Crippen LogP contribution in [0.1, 0.15) is 25.2 Å². The van der Waals surface area contributed by atoms with Crippen LogP contribution in [0, 0.1) is 6.92 Å². The van der Waals surface area contributed by atoms with Gasteiger partial charge in [0.1, 0.15) is 11.3 Å². The molecule has 0 aliphatic heterocycles. The minimum absolute atomic E-state index is 0.138. The molecule has 2 aromatic heterocycles. The first-order valence-corrected chi connectivity index (χ1v) is 7.19. The number of pyridine rings is 1. The third-order valence-corrected chi connectivity index (χ3v) is 3.31. The molecule has 0 saturated heterocycles. The van der Waals surface area contributed by atoms with Gasteiger partial charge in [0.2, 0.25) is 0 Å². The van der Waals surface area contributed by atoms with Crippen LogP contribution in [-0.2, 0) is 17.7 Å². The largest absolute Gasteiger partial charge is 0.377 e. The number of hydrogen-bond acceptors (Lipinski definition) is 3. The molecule has 0 bridgehead atoms. The maximum atomic E-state index is 5.87. The monoisotopic (exact) mass is 281 g/mol. The van der Waals surface area contributed by atoms with Gasteiger partial charge in [-0.05, 0) is 32.4 Å². The first kappa shape index (κ1) is 14.3. The lowest BCUT2D eigenvalue weighted by atomic mass is 10.3. The molecule has 0 aromatic carbocycles. The Hall–Kier alpha value is -1.13. The van der Waals surface area contributed by atoms with Gasteiger partial charge < -0.3 is 9.30 Å². The molecule has 1 unspecified atom stereocenters. The lowest BCUT2D eigenvalue weighted by molar-refractivity contribution is 0.0641. The highest BCUT2D eigenvalue weighted by Crippen LogP contribution is 2.19. The second-order valence-electron chi connectivity index (χ2n) is 4.64. The summed E-state index contributed by atoms with van der Waals surface area (Å²) in [5.74, 6) is 1.55. The van der Waals surface area contributed by atoms with Crippen molar-refractivity contribution >= 4 is 22.8 Å².